The molecule has 0 saturated heterocycles. The maximum Gasteiger partial charge on any atom is 0.205 e. The lowest BCUT2D eigenvalue weighted by molar-refractivity contribution is 0.266. The molecule has 0 aliphatic heterocycles. The summed E-state index contributed by atoms with van der Waals surface area (Å²) in [5.74, 6) is 2.48. The third-order valence-corrected chi connectivity index (χ3v) is 4.01. The third-order valence-electron chi connectivity index (χ3n) is 3.00. The van der Waals surface area contributed by atoms with Gasteiger partial charge in [0, 0.05) is 12.6 Å². The van der Waals surface area contributed by atoms with Gasteiger partial charge in [-0.3, -0.25) is 0 Å². The Balaban J connectivity index is 1.69. The van der Waals surface area contributed by atoms with Gasteiger partial charge < -0.3 is 14.1 Å². The number of hydrogen-bond acceptors (Lipinski definition) is 6. The molecule has 0 amide bonds. The molecule has 0 spiro atoms. The van der Waals surface area contributed by atoms with Crippen molar-refractivity contribution >= 4 is 11.8 Å². The number of nitrogens with zero attached hydrogens (tertiary/aromatic N) is 4. The van der Waals surface area contributed by atoms with E-state index in [9.17, 15) is 0 Å². The van der Waals surface area contributed by atoms with Crippen molar-refractivity contribution < 1.29 is 9.52 Å². The molecule has 1 aromatic carbocycles. The second-order valence-corrected chi connectivity index (χ2v) is 5.33. The van der Waals surface area contributed by atoms with E-state index in [1.54, 1.807) is 10.8 Å². The lowest BCUT2D eigenvalue weighted by Gasteiger charge is -2.00. The van der Waals surface area contributed by atoms with Gasteiger partial charge >= 0.3 is 0 Å². The normalized spacial score (nSPS) is 11.0. The summed E-state index contributed by atoms with van der Waals surface area (Å²) in [5, 5.41) is 17.7. The SMILES string of the molecule is Cn1c(CO)nnc1SCc1ncc(-c2ccccc2)o1. The molecular formula is C14H14N4O2S. The minimum Gasteiger partial charge on any atom is -0.440 e. The molecule has 0 bridgehead atoms. The van der Waals surface area contributed by atoms with Gasteiger partial charge in [-0.1, -0.05) is 42.1 Å². The van der Waals surface area contributed by atoms with Crippen molar-refractivity contribution in [1.29, 1.82) is 0 Å². The van der Waals surface area contributed by atoms with Crippen molar-refractivity contribution in [3.05, 3.63) is 48.2 Å². The Labute approximate surface area is 125 Å². The van der Waals surface area contributed by atoms with Gasteiger partial charge in [-0.05, 0) is 0 Å². The Kier molecular flexibility index (Phi) is 4.03. The number of aliphatic hydroxyl groups excluding tert-OH is 1. The molecule has 0 atom stereocenters. The van der Waals surface area contributed by atoms with E-state index in [0.717, 1.165) is 16.5 Å². The van der Waals surface area contributed by atoms with Crippen LogP contribution < -0.4 is 0 Å². The van der Waals surface area contributed by atoms with E-state index in [-0.39, 0.29) is 6.61 Å². The number of aromatic nitrogens is 4. The van der Waals surface area contributed by atoms with Gasteiger partial charge in [0.15, 0.2) is 16.7 Å². The molecule has 21 heavy (non-hydrogen) atoms. The van der Waals surface area contributed by atoms with E-state index in [4.69, 9.17) is 9.52 Å². The van der Waals surface area contributed by atoms with Crippen LogP contribution in [0.1, 0.15) is 11.7 Å². The van der Waals surface area contributed by atoms with Crippen molar-refractivity contribution in [2.75, 3.05) is 0 Å². The van der Waals surface area contributed by atoms with Gasteiger partial charge in [0.25, 0.3) is 0 Å². The van der Waals surface area contributed by atoms with E-state index >= 15 is 0 Å². The van der Waals surface area contributed by atoms with Crippen LogP contribution in [0.4, 0.5) is 0 Å². The Bertz CT molecular complexity index is 724. The molecule has 0 unspecified atom stereocenters. The van der Waals surface area contributed by atoms with Gasteiger partial charge in [-0.2, -0.15) is 0 Å². The van der Waals surface area contributed by atoms with Crippen LogP contribution in [0, 0.1) is 0 Å². The van der Waals surface area contributed by atoms with Crippen LogP contribution in [0.3, 0.4) is 0 Å². The lowest BCUT2D eigenvalue weighted by Crippen LogP contribution is -1.98. The van der Waals surface area contributed by atoms with E-state index in [1.165, 1.54) is 11.8 Å². The molecule has 0 aliphatic rings. The first-order valence-electron chi connectivity index (χ1n) is 6.40. The molecule has 0 aliphatic carbocycles. The Hall–Kier alpha value is -2.12. The average Bonchev–Trinajstić information content (AvgIpc) is 3.13. The number of hydrogen-bond donors (Lipinski definition) is 1. The van der Waals surface area contributed by atoms with Gasteiger partial charge in [-0.25, -0.2) is 4.98 Å². The molecule has 1 N–H and O–H groups in total. The van der Waals surface area contributed by atoms with Gasteiger partial charge in [0.1, 0.15) is 6.61 Å². The largest absolute Gasteiger partial charge is 0.440 e. The number of aliphatic hydroxyl groups is 1. The van der Waals surface area contributed by atoms with E-state index < -0.39 is 0 Å². The summed E-state index contributed by atoms with van der Waals surface area (Å²) in [7, 11) is 1.82. The predicted molar refractivity (Wildman–Crippen MR) is 78.4 cm³/mol. The fourth-order valence-electron chi connectivity index (χ4n) is 1.85. The summed E-state index contributed by atoms with van der Waals surface area (Å²) in [6.45, 7) is -0.124. The van der Waals surface area contributed by atoms with Crippen LogP contribution in [0.15, 0.2) is 46.1 Å². The standard InChI is InChI=1S/C14H14N4O2S/c1-18-12(8-19)16-17-14(18)21-9-13-15-7-11(20-13)10-5-3-2-4-6-10/h2-7,19H,8-9H2,1H3. The van der Waals surface area contributed by atoms with E-state index in [1.807, 2.05) is 37.4 Å². The van der Waals surface area contributed by atoms with Crippen LogP contribution in [0.5, 0.6) is 0 Å². The van der Waals surface area contributed by atoms with Crippen molar-refractivity contribution in [3.63, 3.8) is 0 Å². The zero-order chi connectivity index (χ0) is 14.7. The summed E-state index contributed by atoms with van der Waals surface area (Å²) < 4.78 is 7.48. The van der Waals surface area contributed by atoms with E-state index in [2.05, 4.69) is 15.2 Å². The molecule has 0 saturated carbocycles. The minimum atomic E-state index is -0.124. The van der Waals surface area contributed by atoms with Crippen LogP contribution in [0.2, 0.25) is 0 Å². The smallest absolute Gasteiger partial charge is 0.205 e. The molecule has 7 heteroatoms. The number of oxazole rings is 1. The summed E-state index contributed by atoms with van der Waals surface area (Å²) >= 11 is 1.47. The molecular weight excluding hydrogens is 288 g/mol. The van der Waals surface area contributed by atoms with Gasteiger partial charge in [-0.15, -0.1) is 10.2 Å². The maximum atomic E-state index is 9.08. The monoisotopic (exact) mass is 302 g/mol. The number of thioether (sulfide) groups is 1. The number of rotatable bonds is 5. The Morgan fingerprint density at radius 2 is 2.05 bits per heavy atom. The summed E-state index contributed by atoms with van der Waals surface area (Å²) in [6.07, 6.45) is 1.72. The van der Waals surface area contributed by atoms with Crippen LogP contribution >= 0.6 is 11.8 Å². The third kappa shape index (κ3) is 2.98. The highest BCUT2D eigenvalue weighted by Crippen LogP contribution is 2.24. The summed E-state index contributed by atoms with van der Waals surface area (Å²) in [4.78, 5) is 4.27. The molecule has 2 heterocycles. The fourth-order valence-corrected chi connectivity index (χ4v) is 2.63. The summed E-state index contributed by atoms with van der Waals surface area (Å²) in [6, 6.07) is 9.84. The van der Waals surface area contributed by atoms with Crippen molar-refractivity contribution in [2.24, 2.45) is 7.05 Å². The lowest BCUT2D eigenvalue weighted by atomic mass is 10.2. The van der Waals surface area contributed by atoms with Crippen molar-refractivity contribution in [3.8, 4) is 11.3 Å². The first kappa shape index (κ1) is 13.8. The van der Waals surface area contributed by atoms with Crippen molar-refractivity contribution in [1.82, 2.24) is 19.7 Å². The van der Waals surface area contributed by atoms with Gasteiger partial charge in [0.05, 0.1) is 11.9 Å². The molecule has 2 aromatic heterocycles. The molecule has 0 radical (unpaired) electrons. The van der Waals surface area contributed by atoms with Crippen LogP contribution in [-0.4, -0.2) is 24.9 Å². The second kappa shape index (κ2) is 6.11. The summed E-state index contributed by atoms with van der Waals surface area (Å²) in [5.41, 5.74) is 1.00. The van der Waals surface area contributed by atoms with Crippen molar-refractivity contribution in [2.45, 2.75) is 17.5 Å². The van der Waals surface area contributed by atoms with E-state index in [0.29, 0.717) is 17.5 Å². The predicted octanol–water partition coefficient (Wildman–Crippen LogP) is 2.25. The zero-order valence-electron chi connectivity index (χ0n) is 11.4. The van der Waals surface area contributed by atoms with Crippen LogP contribution in [0.25, 0.3) is 11.3 Å². The Morgan fingerprint density at radius 3 is 2.76 bits per heavy atom. The first-order valence-corrected chi connectivity index (χ1v) is 7.38. The topological polar surface area (TPSA) is 77.0 Å². The number of benzene rings is 1. The maximum absolute atomic E-state index is 9.08. The first-order chi connectivity index (χ1) is 10.3. The minimum absolute atomic E-state index is 0.124. The second-order valence-electron chi connectivity index (χ2n) is 4.39. The zero-order valence-corrected chi connectivity index (χ0v) is 12.2. The highest BCUT2D eigenvalue weighted by atomic mass is 32.2. The molecule has 108 valence electrons. The highest BCUT2D eigenvalue weighted by molar-refractivity contribution is 7.98. The molecule has 0 fully saturated rings. The fraction of sp³-hybridized carbons (Fsp3) is 0.214. The van der Waals surface area contributed by atoms with Gasteiger partial charge in [0.2, 0.25) is 5.89 Å². The Morgan fingerprint density at radius 1 is 1.24 bits per heavy atom. The molecule has 6 nitrogen and oxygen atoms in total. The quantitative estimate of drug-likeness (QED) is 0.728. The molecule has 3 rings (SSSR count). The van der Waals surface area contributed by atoms with Crippen LogP contribution in [-0.2, 0) is 19.4 Å². The molecule has 3 aromatic rings. The average molecular weight is 302 g/mol. The highest BCUT2D eigenvalue weighted by Gasteiger charge is 2.11.